The van der Waals surface area contributed by atoms with Crippen LogP contribution in [0, 0.1) is 5.92 Å². The molecule has 0 saturated carbocycles. The van der Waals surface area contributed by atoms with E-state index in [0.29, 0.717) is 5.92 Å². The normalized spacial score (nSPS) is 19.4. The number of piperidine rings is 1. The van der Waals surface area contributed by atoms with E-state index in [1.54, 1.807) is 0 Å². The average molecular weight is 311 g/mol. The molecule has 2 rings (SSSR count). The van der Waals surface area contributed by atoms with Gasteiger partial charge in [0.25, 0.3) is 0 Å². The maximum Gasteiger partial charge on any atom is 0.227 e. The zero-order chi connectivity index (χ0) is 14.2. The van der Waals surface area contributed by atoms with Crippen molar-refractivity contribution < 1.29 is 4.79 Å². The second kappa shape index (κ2) is 9.80. The third kappa shape index (κ3) is 5.68. The average Bonchev–Trinajstić information content (AvgIpc) is 2.52. The molecule has 3 nitrogen and oxygen atoms in total. The van der Waals surface area contributed by atoms with Crippen LogP contribution < -0.4 is 10.6 Å². The first-order chi connectivity index (χ1) is 9.81. The Balaban J connectivity index is 0.00000220. The van der Waals surface area contributed by atoms with Crippen molar-refractivity contribution in [2.24, 2.45) is 5.92 Å². The lowest BCUT2D eigenvalue weighted by Gasteiger charge is -2.24. The Kier molecular flexibility index (Phi) is 8.40. The van der Waals surface area contributed by atoms with Crippen molar-refractivity contribution in [3.05, 3.63) is 35.9 Å². The molecule has 0 radical (unpaired) electrons. The van der Waals surface area contributed by atoms with Crippen LogP contribution >= 0.6 is 12.4 Å². The second-order valence-electron chi connectivity index (χ2n) is 5.71. The van der Waals surface area contributed by atoms with E-state index in [9.17, 15) is 4.79 Å². The Bertz CT molecular complexity index is 405. The first-order valence-electron chi connectivity index (χ1n) is 7.84. The molecule has 1 aliphatic heterocycles. The minimum Gasteiger partial charge on any atom is -0.355 e. The summed E-state index contributed by atoms with van der Waals surface area (Å²) in [6.45, 7) is 5.09. The van der Waals surface area contributed by atoms with Gasteiger partial charge >= 0.3 is 0 Å². The van der Waals surface area contributed by atoms with Gasteiger partial charge in [-0.2, -0.15) is 0 Å². The molecule has 118 valence electrons. The van der Waals surface area contributed by atoms with Crippen LogP contribution in [0.4, 0.5) is 0 Å². The monoisotopic (exact) mass is 310 g/mol. The highest BCUT2D eigenvalue weighted by Crippen LogP contribution is 2.21. The molecule has 1 aromatic carbocycles. The summed E-state index contributed by atoms with van der Waals surface area (Å²) in [5, 5.41) is 6.55. The van der Waals surface area contributed by atoms with Crippen molar-refractivity contribution in [1.82, 2.24) is 10.6 Å². The van der Waals surface area contributed by atoms with Gasteiger partial charge in [0.2, 0.25) is 5.91 Å². The lowest BCUT2D eigenvalue weighted by atomic mass is 9.93. The predicted octanol–water partition coefficient (Wildman–Crippen LogP) is 3.11. The summed E-state index contributed by atoms with van der Waals surface area (Å²) >= 11 is 0. The molecule has 2 unspecified atom stereocenters. The van der Waals surface area contributed by atoms with Crippen LogP contribution in [-0.4, -0.2) is 25.5 Å². The zero-order valence-electron chi connectivity index (χ0n) is 12.8. The van der Waals surface area contributed by atoms with E-state index < -0.39 is 0 Å². The number of nitrogens with one attached hydrogen (secondary N) is 2. The van der Waals surface area contributed by atoms with Crippen molar-refractivity contribution in [3.63, 3.8) is 0 Å². The number of benzene rings is 1. The van der Waals surface area contributed by atoms with Gasteiger partial charge in [0.1, 0.15) is 0 Å². The third-order valence-corrected chi connectivity index (χ3v) is 4.06. The molecular formula is C17H27ClN2O. The van der Waals surface area contributed by atoms with Crippen molar-refractivity contribution in [2.75, 3.05) is 19.6 Å². The summed E-state index contributed by atoms with van der Waals surface area (Å²) in [7, 11) is 0. The summed E-state index contributed by atoms with van der Waals surface area (Å²) in [6.07, 6.45) is 4.38. The van der Waals surface area contributed by atoms with Gasteiger partial charge in [0.05, 0.1) is 5.92 Å². The topological polar surface area (TPSA) is 41.1 Å². The summed E-state index contributed by atoms with van der Waals surface area (Å²) < 4.78 is 0. The van der Waals surface area contributed by atoms with E-state index in [-0.39, 0.29) is 24.2 Å². The summed E-state index contributed by atoms with van der Waals surface area (Å²) in [4.78, 5) is 12.4. The molecule has 1 aliphatic rings. The fourth-order valence-corrected chi connectivity index (χ4v) is 2.89. The molecule has 1 heterocycles. The van der Waals surface area contributed by atoms with Crippen LogP contribution in [0.5, 0.6) is 0 Å². The third-order valence-electron chi connectivity index (χ3n) is 4.06. The number of carbonyl (C=O) groups excluding carboxylic acids is 1. The maximum absolute atomic E-state index is 12.4. The van der Waals surface area contributed by atoms with Crippen LogP contribution in [0.3, 0.4) is 0 Å². The van der Waals surface area contributed by atoms with E-state index in [1.165, 1.54) is 12.8 Å². The number of carbonyl (C=O) groups is 1. The van der Waals surface area contributed by atoms with Gasteiger partial charge in [-0.1, -0.05) is 43.7 Å². The van der Waals surface area contributed by atoms with Gasteiger partial charge in [-0.3, -0.25) is 4.79 Å². The molecule has 0 aliphatic carbocycles. The van der Waals surface area contributed by atoms with Crippen molar-refractivity contribution in [2.45, 2.75) is 38.5 Å². The lowest BCUT2D eigenvalue weighted by molar-refractivity contribution is -0.122. The van der Waals surface area contributed by atoms with Crippen LogP contribution in [-0.2, 0) is 4.79 Å². The molecule has 2 N–H and O–H groups in total. The molecule has 0 aromatic heterocycles. The van der Waals surface area contributed by atoms with Crippen LogP contribution in [0.1, 0.15) is 44.1 Å². The molecule has 4 heteroatoms. The van der Waals surface area contributed by atoms with E-state index in [4.69, 9.17) is 0 Å². The number of amides is 1. The zero-order valence-corrected chi connectivity index (χ0v) is 13.6. The molecule has 2 atom stereocenters. The van der Waals surface area contributed by atoms with Gasteiger partial charge in [0, 0.05) is 6.54 Å². The summed E-state index contributed by atoms with van der Waals surface area (Å²) in [5.74, 6) is 0.770. The van der Waals surface area contributed by atoms with Gasteiger partial charge < -0.3 is 10.6 Å². The SMILES string of the molecule is CCCC(C(=O)NCC1CCCNC1)c1ccccc1.Cl. The van der Waals surface area contributed by atoms with E-state index in [2.05, 4.69) is 29.7 Å². The summed E-state index contributed by atoms with van der Waals surface area (Å²) in [6, 6.07) is 10.1. The molecule has 1 aromatic rings. The van der Waals surface area contributed by atoms with Gasteiger partial charge in [0.15, 0.2) is 0 Å². The van der Waals surface area contributed by atoms with Gasteiger partial charge in [-0.05, 0) is 43.8 Å². The molecule has 1 amide bonds. The molecule has 1 saturated heterocycles. The fraction of sp³-hybridized carbons (Fsp3) is 0.588. The second-order valence-corrected chi connectivity index (χ2v) is 5.71. The largest absolute Gasteiger partial charge is 0.355 e. The highest BCUT2D eigenvalue weighted by atomic mass is 35.5. The molecule has 0 spiro atoms. The minimum absolute atomic E-state index is 0. The standard InChI is InChI=1S/C17H26N2O.ClH/c1-2-7-16(15-9-4-3-5-10-15)17(20)19-13-14-8-6-11-18-12-14;/h3-5,9-10,14,16,18H,2,6-8,11-13H2,1H3,(H,19,20);1H. The van der Waals surface area contributed by atoms with Crippen LogP contribution in [0.15, 0.2) is 30.3 Å². The summed E-state index contributed by atoms with van der Waals surface area (Å²) in [5.41, 5.74) is 1.13. The van der Waals surface area contributed by atoms with E-state index >= 15 is 0 Å². The fourth-order valence-electron chi connectivity index (χ4n) is 2.89. The van der Waals surface area contributed by atoms with Gasteiger partial charge in [-0.25, -0.2) is 0 Å². The van der Waals surface area contributed by atoms with Crippen LogP contribution in [0.2, 0.25) is 0 Å². The first-order valence-corrected chi connectivity index (χ1v) is 7.84. The highest BCUT2D eigenvalue weighted by Gasteiger charge is 2.21. The van der Waals surface area contributed by atoms with E-state index in [0.717, 1.165) is 38.0 Å². The molecular weight excluding hydrogens is 284 g/mol. The smallest absolute Gasteiger partial charge is 0.227 e. The lowest BCUT2D eigenvalue weighted by Crippen LogP contribution is -2.39. The first kappa shape index (κ1) is 18.0. The maximum atomic E-state index is 12.4. The predicted molar refractivity (Wildman–Crippen MR) is 89.9 cm³/mol. The van der Waals surface area contributed by atoms with Crippen LogP contribution in [0.25, 0.3) is 0 Å². The Labute approximate surface area is 134 Å². The van der Waals surface area contributed by atoms with E-state index in [1.807, 2.05) is 18.2 Å². The van der Waals surface area contributed by atoms with Crippen molar-refractivity contribution >= 4 is 18.3 Å². The number of hydrogen-bond acceptors (Lipinski definition) is 2. The highest BCUT2D eigenvalue weighted by molar-refractivity contribution is 5.85. The number of hydrogen-bond donors (Lipinski definition) is 2. The number of rotatable bonds is 6. The quantitative estimate of drug-likeness (QED) is 0.847. The molecule has 1 fully saturated rings. The number of halogens is 1. The van der Waals surface area contributed by atoms with Crippen molar-refractivity contribution in [1.29, 1.82) is 0 Å². The molecule has 21 heavy (non-hydrogen) atoms. The Morgan fingerprint density at radius 3 is 2.76 bits per heavy atom. The Morgan fingerprint density at radius 2 is 2.14 bits per heavy atom. The Hall–Kier alpha value is -1.06. The van der Waals surface area contributed by atoms with Gasteiger partial charge in [-0.15, -0.1) is 12.4 Å². The van der Waals surface area contributed by atoms with Crippen molar-refractivity contribution in [3.8, 4) is 0 Å². The Morgan fingerprint density at radius 1 is 1.38 bits per heavy atom. The minimum atomic E-state index is -0.00208. The molecule has 0 bridgehead atoms.